The second kappa shape index (κ2) is 6.11. The first-order valence-corrected chi connectivity index (χ1v) is 5.89. The van der Waals surface area contributed by atoms with Gasteiger partial charge in [0.2, 0.25) is 0 Å². The third kappa shape index (κ3) is 5.40. The zero-order valence-corrected chi connectivity index (χ0v) is 11.3. The smallest absolute Gasteiger partial charge is 0.407 e. The number of hydrogen-bond donors (Lipinski definition) is 1. The highest BCUT2D eigenvalue weighted by Gasteiger charge is 2.15. The van der Waals surface area contributed by atoms with Crippen LogP contribution in [-0.4, -0.2) is 11.7 Å². The molecule has 18 heavy (non-hydrogen) atoms. The topological polar surface area (TPSA) is 38.3 Å². The van der Waals surface area contributed by atoms with Gasteiger partial charge in [0.15, 0.2) is 0 Å². The van der Waals surface area contributed by atoms with E-state index >= 15 is 0 Å². The highest BCUT2D eigenvalue weighted by Crippen LogP contribution is 2.07. The van der Waals surface area contributed by atoms with Gasteiger partial charge in [0.25, 0.3) is 0 Å². The van der Waals surface area contributed by atoms with Gasteiger partial charge in [0.05, 0.1) is 0 Å². The minimum absolute atomic E-state index is 0.403. The summed E-state index contributed by atoms with van der Waals surface area (Å²) in [5.74, 6) is 5.81. The summed E-state index contributed by atoms with van der Waals surface area (Å²) in [6.07, 6.45) is -0.403. The number of ether oxygens (including phenoxy) is 1. The fourth-order valence-corrected chi connectivity index (χ4v) is 1.34. The van der Waals surface area contributed by atoms with Crippen molar-refractivity contribution in [3.63, 3.8) is 0 Å². The van der Waals surface area contributed by atoms with Gasteiger partial charge in [-0.2, -0.15) is 0 Å². The van der Waals surface area contributed by atoms with Crippen molar-refractivity contribution in [2.45, 2.75) is 39.8 Å². The molecule has 1 N–H and O–H groups in total. The Balaban J connectivity index is 2.48. The maximum Gasteiger partial charge on any atom is 0.407 e. The molecule has 3 nitrogen and oxygen atoms in total. The van der Waals surface area contributed by atoms with E-state index in [0.717, 1.165) is 11.1 Å². The number of benzene rings is 1. The lowest BCUT2D eigenvalue weighted by Gasteiger charge is -2.19. The first-order chi connectivity index (χ1) is 8.40. The molecule has 0 saturated heterocycles. The third-order valence-electron chi connectivity index (χ3n) is 2.06. The summed E-state index contributed by atoms with van der Waals surface area (Å²) >= 11 is 0. The third-order valence-corrected chi connectivity index (χ3v) is 2.06. The van der Waals surface area contributed by atoms with E-state index in [1.807, 2.05) is 45.0 Å². The van der Waals surface area contributed by atoms with Crippen LogP contribution in [0.15, 0.2) is 24.3 Å². The Morgan fingerprint density at radius 2 is 1.89 bits per heavy atom. The standard InChI is InChI=1S/C15H19NO2/c1-5-6-12-7-9-13(10-8-12)11-16-14(17)18-15(2,3)4/h7-10H,11H2,1-4H3,(H,16,17). The second-order valence-electron chi connectivity index (χ2n) is 4.93. The lowest BCUT2D eigenvalue weighted by Crippen LogP contribution is -2.32. The minimum Gasteiger partial charge on any atom is -0.444 e. The largest absolute Gasteiger partial charge is 0.444 e. The summed E-state index contributed by atoms with van der Waals surface area (Å²) in [5, 5.41) is 2.71. The summed E-state index contributed by atoms with van der Waals surface area (Å²) in [4.78, 5) is 11.4. The monoisotopic (exact) mass is 245 g/mol. The van der Waals surface area contributed by atoms with Gasteiger partial charge in [0.1, 0.15) is 5.60 Å². The highest BCUT2D eigenvalue weighted by molar-refractivity contribution is 5.67. The lowest BCUT2D eigenvalue weighted by atomic mass is 10.1. The number of amides is 1. The van der Waals surface area contributed by atoms with Gasteiger partial charge in [-0.05, 0) is 45.4 Å². The lowest BCUT2D eigenvalue weighted by molar-refractivity contribution is 0.0523. The molecule has 0 bridgehead atoms. The van der Waals surface area contributed by atoms with Crippen LogP contribution in [0.4, 0.5) is 4.79 Å². The number of hydrogen-bond acceptors (Lipinski definition) is 2. The van der Waals surface area contributed by atoms with E-state index in [4.69, 9.17) is 4.74 Å². The van der Waals surface area contributed by atoms with Crippen molar-refractivity contribution in [3.05, 3.63) is 35.4 Å². The van der Waals surface area contributed by atoms with Crippen LogP contribution < -0.4 is 5.32 Å². The summed E-state index contributed by atoms with van der Waals surface area (Å²) in [5.41, 5.74) is 1.52. The highest BCUT2D eigenvalue weighted by atomic mass is 16.6. The Labute approximate surface area is 109 Å². The summed E-state index contributed by atoms with van der Waals surface area (Å²) in [7, 11) is 0. The summed E-state index contributed by atoms with van der Waals surface area (Å²) < 4.78 is 5.15. The number of rotatable bonds is 2. The van der Waals surface area contributed by atoms with Crippen LogP contribution in [0.1, 0.15) is 38.8 Å². The zero-order valence-electron chi connectivity index (χ0n) is 11.3. The van der Waals surface area contributed by atoms with Crippen molar-refractivity contribution in [2.75, 3.05) is 0 Å². The maximum absolute atomic E-state index is 11.4. The molecule has 0 aliphatic heterocycles. The van der Waals surface area contributed by atoms with Crippen molar-refractivity contribution in [1.29, 1.82) is 0 Å². The van der Waals surface area contributed by atoms with Gasteiger partial charge in [-0.15, -0.1) is 5.92 Å². The van der Waals surface area contributed by atoms with Crippen LogP contribution in [0, 0.1) is 11.8 Å². The zero-order chi connectivity index (χ0) is 13.6. The molecular formula is C15H19NO2. The van der Waals surface area contributed by atoms with Crippen LogP contribution in [0.2, 0.25) is 0 Å². The van der Waals surface area contributed by atoms with Gasteiger partial charge in [-0.1, -0.05) is 18.1 Å². The van der Waals surface area contributed by atoms with Crippen LogP contribution >= 0.6 is 0 Å². The normalized spacial score (nSPS) is 10.2. The SMILES string of the molecule is CC#Cc1ccc(CNC(=O)OC(C)(C)C)cc1. The quantitative estimate of drug-likeness (QED) is 0.813. The molecule has 0 aliphatic carbocycles. The molecule has 0 aliphatic rings. The van der Waals surface area contributed by atoms with Crippen molar-refractivity contribution < 1.29 is 9.53 Å². The number of carbonyl (C=O) groups is 1. The van der Waals surface area contributed by atoms with Gasteiger partial charge < -0.3 is 10.1 Å². The van der Waals surface area contributed by atoms with E-state index in [9.17, 15) is 4.79 Å². The molecule has 0 spiro atoms. The Bertz CT molecular complexity index is 458. The molecule has 96 valence electrons. The Hall–Kier alpha value is -1.95. The first-order valence-electron chi connectivity index (χ1n) is 5.89. The Kier molecular flexibility index (Phi) is 4.79. The van der Waals surface area contributed by atoms with Crippen molar-refractivity contribution in [2.24, 2.45) is 0 Å². The van der Waals surface area contributed by atoms with Crippen molar-refractivity contribution >= 4 is 6.09 Å². The average molecular weight is 245 g/mol. The molecule has 0 radical (unpaired) electrons. The second-order valence-corrected chi connectivity index (χ2v) is 4.93. The molecule has 1 aromatic carbocycles. The molecule has 0 heterocycles. The van der Waals surface area contributed by atoms with E-state index in [1.165, 1.54) is 0 Å². The molecule has 0 atom stereocenters. The molecule has 0 aromatic heterocycles. The van der Waals surface area contributed by atoms with Gasteiger partial charge >= 0.3 is 6.09 Å². The number of alkyl carbamates (subject to hydrolysis) is 1. The molecule has 3 heteroatoms. The van der Waals surface area contributed by atoms with E-state index in [2.05, 4.69) is 17.2 Å². The van der Waals surface area contributed by atoms with Gasteiger partial charge in [0, 0.05) is 12.1 Å². The van der Waals surface area contributed by atoms with Gasteiger partial charge in [-0.25, -0.2) is 4.79 Å². The molecule has 1 amide bonds. The van der Waals surface area contributed by atoms with Gasteiger partial charge in [-0.3, -0.25) is 0 Å². The fraction of sp³-hybridized carbons (Fsp3) is 0.400. The summed E-state index contributed by atoms with van der Waals surface area (Å²) in [6, 6.07) is 7.75. The molecule has 1 aromatic rings. The molecule has 0 saturated carbocycles. The van der Waals surface area contributed by atoms with Crippen LogP contribution in [0.5, 0.6) is 0 Å². The van der Waals surface area contributed by atoms with E-state index < -0.39 is 11.7 Å². The van der Waals surface area contributed by atoms with E-state index in [-0.39, 0.29) is 0 Å². The van der Waals surface area contributed by atoms with Crippen LogP contribution in [0.25, 0.3) is 0 Å². The maximum atomic E-state index is 11.4. The average Bonchev–Trinajstić information content (AvgIpc) is 2.26. The van der Waals surface area contributed by atoms with Crippen LogP contribution in [0.3, 0.4) is 0 Å². The number of nitrogens with one attached hydrogen (secondary N) is 1. The van der Waals surface area contributed by atoms with E-state index in [0.29, 0.717) is 6.54 Å². The summed E-state index contributed by atoms with van der Waals surface area (Å²) in [6.45, 7) is 7.77. The molecular weight excluding hydrogens is 226 g/mol. The van der Waals surface area contributed by atoms with Crippen molar-refractivity contribution in [3.8, 4) is 11.8 Å². The number of carbonyl (C=O) groups excluding carboxylic acids is 1. The Morgan fingerprint density at radius 1 is 1.28 bits per heavy atom. The molecule has 1 rings (SSSR count). The Morgan fingerprint density at radius 3 is 2.39 bits per heavy atom. The minimum atomic E-state index is -0.468. The molecule has 0 fully saturated rings. The fourth-order valence-electron chi connectivity index (χ4n) is 1.34. The predicted octanol–water partition coefficient (Wildman–Crippen LogP) is 3.08. The predicted molar refractivity (Wildman–Crippen MR) is 72.1 cm³/mol. The van der Waals surface area contributed by atoms with Crippen molar-refractivity contribution in [1.82, 2.24) is 5.32 Å². The van der Waals surface area contributed by atoms with E-state index in [1.54, 1.807) is 6.92 Å². The first kappa shape index (κ1) is 14.1. The van der Waals surface area contributed by atoms with Crippen LogP contribution in [-0.2, 0) is 11.3 Å². The molecule has 0 unspecified atom stereocenters.